The van der Waals surface area contributed by atoms with E-state index < -0.39 is 0 Å². The first kappa shape index (κ1) is 14.7. The summed E-state index contributed by atoms with van der Waals surface area (Å²) in [6.45, 7) is 8.41. The molecule has 4 nitrogen and oxygen atoms in total. The third kappa shape index (κ3) is 3.57. The van der Waals surface area contributed by atoms with Crippen molar-refractivity contribution in [3.05, 3.63) is 21.4 Å². The number of ether oxygens (including phenoxy) is 1. The molecule has 0 aliphatic heterocycles. The van der Waals surface area contributed by atoms with Gasteiger partial charge in [-0.25, -0.2) is 0 Å². The summed E-state index contributed by atoms with van der Waals surface area (Å²) in [6, 6.07) is 1.87. The monoisotopic (exact) mass is 269 g/mol. The Morgan fingerprint density at radius 1 is 1.33 bits per heavy atom. The highest BCUT2D eigenvalue weighted by Gasteiger charge is 2.19. The van der Waals surface area contributed by atoms with Crippen LogP contribution in [0.3, 0.4) is 0 Å². The van der Waals surface area contributed by atoms with Crippen molar-refractivity contribution in [1.29, 1.82) is 0 Å². The highest BCUT2D eigenvalue weighted by Crippen LogP contribution is 2.22. The van der Waals surface area contributed by atoms with Crippen molar-refractivity contribution < 1.29 is 14.3 Å². The summed E-state index contributed by atoms with van der Waals surface area (Å²) >= 11 is 1.46. The molecule has 0 aliphatic rings. The van der Waals surface area contributed by atoms with E-state index in [2.05, 4.69) is 0 Å². The Morgan fingerprint density at radius 2 is 2.00 bits per heavy atom. The third-order valence-electron chi connectivity index (χ3n) is 2.67. The van der Waals surface area contributed by atoms with Gasteiger partial charge in [-0.05, 0) is 39.3 Å². The maximum absolute atomic E-state index is 12.2. The first-order valence-corrected chi connectivity index (χ1v) is 6.83. The fourth-order valence-corrected chi connectivity index (χ4v) is 2.53. The third-order valence-corrected chi connectivity index (χ3v) is 3.81. The molecule has 1 rings (SSSR count). The summed E-state index contributed by atoms with van der Waals surface area (Å²) in [5, 5.41) is 0. The second-order valence-electron chi connectivity index (χ2n) is 3.97. The highest BCUT2D eigenvalue weighted by molar-refractivity contribution is 7.14. The number of thiophene rings is 1. The van der Waals surface area contributed by atoms with Gasteiger partial charge >= 0.3 is 5.97 Å². The lowest BCUT2D eigenvalue weighted by molar-refractivity contribution is -0.143. The number of nitrogens with zero attached hydrogens (tertiary/aromatic N) is 1. The molecule has 0 spiro atoms. The zero-order chi connectivity index (χ0) is 13.7. The van der Waals surface area contributed by atoms with Gasteiger partial charge in [0.25, 0.3) is 5.91 Å². The summed E-state index contributed by atoms with van der Waals surface area (Å²) in [7, 11) is 0. The van der Waals surface area contributed by atoms with Crippen molar-refractivity contribution in [2.45, 2.75) is 27.7 Å². The SMILES string of the molecule is CCOC(=O)CN(CC)C(=O)c1cc(C)c(C)s1. The van der Waals surface area contributed by atoms with E-state index in [4.69, 9.17) is 4.74 Å². The van der Waals surface area contributed by atoms with Gasteiger partial charge in [-0.1, -0.05) is 0 Å². The van der Waals surface area contributed by atoms with Crippen LogP contribution in [0.1, 0.15) is 34.0 Å². The lowest BCUT2D eigenvalue weighted by Crippen LogP contribution is -2.35. The Hall–Kier alpha value is -1.36. The van der Waals surface area contributed by atoms with Crippen LogP contribution in [0.4, 0.5) is 0 Å². The largest absolute Gasteiger partial charge is 0.465 e. The molecule has 0 N–H and O–H groups in total. The number of esters is 1. The lowest BCUT2D eigenvalue weighted by atomic mass is 10.2. The van der Waals surface area contributed by atoms with Crippen molar-refractivity contribution in [1.82, 2.24) is 4.90 Å². The van der Waals surface area contributed by atoms with Crippen LogP contribution in [-0.4, -0.2) is 36.5 Å². The van der Waals surface area contributed by atoms with Gasteiger partial charge in [0.2, 0.25) is 0 Å². The molecule has 100 valence electrons. The molecule has 0 fully saturated rings. The zero-order valence-corrected chi connectivity index (χ0v) is 12.1. The van der Waals surface area contributed by atoms with Gasteiger partial charge in [-0.3, -0.25) is 9.59 Å². The summed E-state index contributed by atoms with van der Waals surface area (Å²) in [6.07, 6.45) is 0. The second-order valence-corrected chi connectivity index (χ2v) is 5.23. The average molecular weight is 269 g/mol. The summed E-state index contributed by atoms with van der Waals surface area (Å²) < 4.78 is 4.86. The van der Waals surface area contributed by atoms with Gasteiger partial charge in [0.1, 0.15) is 6.54 Å². The molecule has 5 heteroatoms. The van der Waals surface area contributed by atoms with Gasteiger partial charge < -0.3 is 9.64 Å². The first-order valence-electron chi connectivity index (χ1n) is 6.01. The number of aryl methyl sites for hydroxylation is 2. The van der Waals surface area contributed by atoms with Crippen molar-refractivity contribution >= 4 is 23.2 Å². The topological polar surface area (TPSA) is 46.6 Å². The summed E-state index contributed by atoms with van der Waals surface area (Å²) in [5.41, 5.74) is 1.11. The van der Waals surface area contributed by atoms with Gasteiger partial charge in [-0.2, -0.15) is 0 Å². The minimum atomic E-state index is -0.363. The van der Waals surface area contributed by atoms with Crippen molar-refractivity contribution in [2.24, 2.45) is 0 Å². The molecule has 0 saturated carbocycles. The van der Waals surface area contributed by atoms with Crippen LogP contribution in [0.2, 0.25) is 0 Å². The predicted molar refractivity (Wildman–Crippen MR) is 72.0 cm³/mol. The van der Waals surface area contributed by atoms with Crippen LogP contribution >= 0.6 is 11.3 Å². The van der Waals surface area contributed by atoms with E-state index in [9.17, 15) is 9.59 Å². The van der Waals surface area contributed by atoms with Crippen molar-refractivity contribution in [3.63, 3.8) is 0 Å². The normalized spacial score (nSPS) is 10.2. The Kier molecular flexibility index (Phi) is 5.34. The highest BCUT2D eigenvalue weighted by atomic mass is 32.1. The predicted octanol–water partition coefficient (Wildman–Crippen LogP) is 2.39. The van der Waals surface area contributed by atoms with Gasteiger partial charge in [-0.15, -0.1) is 11.3 Å². The molecule has 0 radical (unpaired) electrons. The van der Waals surface area contributed by atoms with E-state index in [1.807, 2.05) is 26.8 Å². The van der Waals surface area contributed by atoms with E-state index in [1.54, 1.807) is 6.92 Å². The summed E-state index contributed by atoms with van der Waals surface area (Å²) in [4.78, 5) is 26.9. The molecule has 1 heterocycles. The minimum absolute atomic E-state index is 0.0131. The molecule has 1 aromatic heterocycles. The van der Waals surface area contributed by atoms with Crippen LogP contribution in [0, 0.1) is 13.8 Å². The Bertz CT molecular complexity index is 420. The molecule has 1 aromatic rings. The summed E-state index contributed by atoms with van der Waals surface area (Å²) in [5.74, 6) is -0.468. The molecule has 0 atom stereocenters. The van der Waals surface area contributed by atoms with E-state index in [1.165, 1.54) is 16.2 Å². The first-order chi connectivity index (χ1) is 8.49. The zero-order valence-electron chi connectivity index (χ0n) is 11.3. The number of hydrogen-bond donors (Lipinski definition) is 0. The maximum atomic E-state index is 12.2. The number of amides is 1. The van der Waals surface area contributed by atoms with E-state index in [-0.39, 0.29) is 18.4 Å². The van der Waals surface area contributed by atoms with Crippen LogP contribution in [0.15, 0.2) is 6.07 Å². The van der Waals surface area contributed by atoms with E-state index in [0.717, 1.165) is 10.4 Å². The molecule has 1 amide bonds. The minimum Gasteiger partial charge on any atom is -0.465 e. The number of rotatable bonds is 5. The Labute approximate surface area is 112 Å². The molecule has 0 aromatic carbocycles. The molecule has 0 aliphatic carbocycles. The average Bonchev–Trinajstić information content (AvgIpc) is 2.66. The molecular weight excluding hydrogens is 250 g/mol. The van der Waals surface area contributed by atoms with Crippen LogP contribution in [0.25, 0.3) is 0 Å². The smallest absolute Gasteiger partial charge is 0.325 e. The van der Waals surface area contributed by atoms with Crippen molar-refractivity contribution in [2.75, 3.05) is 19.7 Å². The molecule has 18 heavy (non-hydrogen) atoms. The molecule has 0 saturated heterocycles. The van der Waals surface area contributed by atoms with Gasteiger partial charge in [0.05, 0.1) is 11.5 Å². The molecular formula is C13H19NO3S. The Balaban J connectivity index is 2.76. The van der Waals surface area contributed by atoms with Gasteiger partial charge in [0.15, 0.2) is 0 Å². The standard InChI is InChI=1S/C13H19NO3S/c1-5-14(8-12(15)17-6-2)13(16)11-7-9(3)10(4)18-11/h7H,5-6,8H2,1-4H3. The van der Waals surface area contributed by atoms with Gasteiger partial charge in [0, 0.05) is 11.4 Å². The number of hydrogen-bond acceptors (Lipinski definition) is 4. The van der Waals surface area contributed by atoms with Crippen LogP contribution in [-0.2, 0) is 9.53 Å². The maximum Gasteiger partial charge on any atom is 0.325 e. The number of carbonyl (C=O) groups is 2. The lowest BCUT2D eigenvalue weighted by Gasteiger charge is -2.18. The number of carbonyl (C=O) groups excluding carboxylic acids is 2. The van der Waals surface area contributed by atoms with E-state index >= 15 is 0 Å². The quantitative estimate of drug-likeness (QED) is 0.771. The van der Waals surface area contributed by atoms with Crippen LogP contribution in [0.5, 0.6) is 0 Å². The number of likely N-dealkylation sites (N-methyl/N-ethyl adjacent to an activating group) is 1. The van der Waals surface area contributed by atoms with Crippen molar-refractivity contribution in [3.8, 4) is 0 Å². The molecule has 0 bridgehead atoms. The molecule has 0 unspecified atom stereocenters. The second kappa shape index (κ2) is 6.54. The fourth-order valence-electron chi connectivity index (χ4n) is 1.52. The van der Waals surface area contributed by atoms with E-state index in [0.29, 0.717) is 18.0 Å². The van der Waals surface area contributed by atoms with Crippen LogP contribution < -0.4 is 0 Å². The Morgan fingerprint density at radius 3 is 2.44 bits per heavy atom. The fraction of sp³-hybridized carbons (Fsp3) is 0.538.